The molecule has 1 atom stereocenters. The van der Waals surface area contributed by atoms with Crippen molar-refractivity contribution in [1.82, 2.24) is 5.32 Å². The Morgan fingerprint density at radius 1 is 1.09 bits per heavy atom. The largest absolute Gasteiger partial charge is 0.416 e. The van der Waals surface area contributed by atoms with Gasteiger partial charge in [0, 0.05) is 29.1 Å². The van der Waals surface area contributed by atoms with Gasteiger partial charge in [0.05, 0.1) is 11.6 Å². The second-order valence-electron chi connectivity index (χ2n) is 8.05. The minimum atomic E-state index is -4.51. The zero-order valence-electron chi connectivity index (χ0n) is 19.6. The van der Waals surface area contributed by atoms with E-state index in [4.69, 9.17) is 0 Å². The maximum absolute atomic E-state index is 14.3. The van der Waals surface area contributed by atoms with E-state index in [1.807, 2.05) is 43.3 Å². The molecule has 1 aliphatic heterocycles. The molecule has 180 valence electrons. The standard InChI is InChI=1S/C28H30F4N2/c1-4-10-22(24(6-3)28(30,31)32)26-16-20(19-11-8-7-9-12-19)17-27(34-26)23-18-21(29)13-14-25(23)33-15-5-2/h6-14,16-18,27,33-34H,4-5,15H2,1-3H3/b22-10+,24-6+. The van der Waals surface area contributed by atoms with Crippen LogP contribution in [0.5, 0.6) is 0 Å². The first-order chi connectivity index (χ1) is 16.3. The number of allylic oxidation sites excluding steroid dienone is 5. The highest BCUT2D eigenvalue weighted by Gasteiger charge is 2.37. The van der Waals surface area contributed by atoms with Gasteiger partial charge >= 0.3 is 6.18 Å². The highest BCUT2D eigenvalue weighted by molar-refractivity contribution is 5.79. The topological polar surface area (TPSA) is 24.1 Å². The maximum atomic E-state index is 14.3. The molecule has 0 fully saturated rings. The molecule has 1 aliphatic rings. The molecular weight excluding hydrogens is 440 g/mol. The minimum Gasteiger partial charge on any atom is -0.385 e. The van der Waals surface area contributed by atoms with Crippen LogP contribution in [0.1, 0.15) is 50.8 Å². The van der Waals surface area contributed by atoms with Gasteiger partial charge in [-0.2, -0.15) is 13.2 Å². The van der Waals surface area contributed by atoms with Gasteiger partial charge in [-0.05, 0) is 61.3 Å². The zero-order chi connectivity index (χ0) is 24.7. The van der Waals surface area contributed by atoms with E-state index in [-0.39, 0.29) is 5.57 Å². The van der Waals surface area contributed by atoms with E-state index in [2.05, 4.69) is 10.6 Å². The van der Waals surface area contributed by atoms with Crippen LogP contribution in [0, 0.1) is 5.82 Å². The molecule has 2 aromatic rings. The molecule has 34 heavy (non-hydrogen) atoms. The van der Waals surface area contributed by atoms with Gasteiger partial charge in [0.15, 0.2) is 0 Å². The van der Waals surface area contributed by atoms with E-state index in [9.17, 15) is 17.6 Å². The smallest absolute Gasteiger partial charge is 0.385 e. The lowest BCUT2D eigenvalue weighted by atomic mass is 9.90. The van der Waals surface area contributed by atoms with Crippen LogP contribution in [0.3, 0.4) is 0 Å². The molecule has 6 heteroatoms. The molecule has 0 aromatic heterocycles. The number of dihydropyridines is 1. The molecule has 0 amide bonds. The summed E-state index contributed by atoms with van der Waals surface area (Å²) in [5.74, 6) is -0.404. The zero-order valence-corrected chi connectivity index (χ0v) is 19.6. The summed E-state index contributed by atoms with van der Waals surface area (Å²) in [6.07, 6.45) is 3.14. The van der Waals surface area contributed by atoms with E-state index < -0.39 is 23.6 Å². The van der Waals surface area contributed by atoms with Crippen molar-refractivity contribution in [2.24, 2.45) is 0 Å². The first-order valence-corrected chi connectivity index (χ1v) is 11.5. The predicted molar refractivity (Wildman–Crippen MR) is 132 cm³/mol. The van der Waals surface area contributed by atoms with E-state index in [1.54, 1.807) is 25.1 Å². The van der Waals surface area contributed by atoms with E-state index in [0.717, 1.165) is 29.3 Å². The predicted octanol–water partition coefficient (Wildman–Crippen LogP) is 8.10. The summed E-state index contributed by atoms with van der Waals surface area (Å²) in [6.45, 7) is 5.92. The SMILES string of the molecule is C/C=C(\C(=C/CC)C1=CC(c2ccccc2)=CC(c2cc(F)ccc2NCCC)N1)C(F)(F)F. The van der Waals surface area contributed by atoms with Gasteiger partial charge in [0.1, 0.15) is 5.82 Å². The van der Waals surface area contributed by atoms with Crippen molar-refractivity contribution in [3.8, 4) is 0 Å². The van der Waals surface area contributed by atoms with Gasteiger partial charge < -0.3 is 10.6 Å². The Morgan fingerprint density at radius 3 is 2.44 bits per heavy atom. The number of nitrogens with one attached hydrogen (secondary N) is 2. The third kappa shape index (κ3) is 5.99. The number of hydrogen-bond donors (Lipinski definition) is 2. The van der Waals surface area contributed by atoms with Gasteiger partial charge in [0.25, 0.3) is 0 Å². The summed E-state index contributed by atoms with van der Waals surface area (Å²) < 4.78 is 56.0. The van der Waals surface area contributed by atoms with Crippen LogP contribution < -0.4 is 10.6 Å². The van der Waals surface area contributed by atoms with Crippen LogP contribution in [-0.2, 0) is 0 Å². The van der Waals surface area contributed by atoms with Gasteiger partial charge in [-0.3, -0.25) is 0 Å². The molecule has 2 N–H and O–H groups in total. The number of halogens is 4. The molecule has 0 spiro atoms. The van der Waals surface area contributed by atoms with Crippen LogP contribution in [0.15, 0.2) is 89.7 Å². The van der Waals surface area contributed by atoms with E-state index in [0.29, 0.717) is 24.2 Å². The van der Waals surface area contributed by atoms with Gasteiger partial charge in [-0.25, -0.2) is 4.39 Å². The maximum Gasteiger partial charge on any atom is 0.416 e. The highest BCUT2D eigenvalue weighted by atomic mass is 19.4. The van der Waals surface area contributed by atoms with Gasteiger partial charge in [0.2, 0.25) is 0 Å². The van der Waals surface area contributed by atoms with E-state index >= 15 is 0 Å². The molecular formula is C28H30F4N2. The Bertz CT molecular complexity index is 1110. The van der Waals surface area contributed by atoms with Crippen LogP contribution in [0.2, 0.25) is 0 Å². The van der Waals surface area contributed by atoms with Crippen molar-refractivity contribution in [2.45, 2.75) is 45.8 Å². The van der Waals surface area contributed by atoms with Crippen LogP contribution >= 0.6 is 0 Å². The third-order valence-electron chi connectivity index (χ3n) is 5.56. The number of anilines is 1. The Kier molecular flexibility index (Phi) is 8.37. The molecule has 0 saturated carbocycles. The van der Waals surface area contributed by atoms with Crippen LogP contribution in [0.4, 0.5) is 23.2 Å². The number of alkyl halides is 3. The Labute approximate surface area is 198 Å². The molecule has 2 aromatic carbocycles. The monoisotopic (exact) mass is 470 g/mol. The second-order valence-corrected chi connectivity index (χ2v) is 8.05. The molecule has 0 radical (unpaired) electrons. The lowest BCUT2D eigenvalue weighted by Gasteiger charge is -2.29. The lowest BCUT2D eigenvalue weighted by Crippen LogP contribution is -2.27. The fourth-order valence-corrected chi connectivity index (χ4v) is 4.02. The average Bonchev–Trinajstić information content (AvgIpc) is 2.82. The van der Waals surface area contributed by atoms with Crippen LogP contribution in [0.25, 0.3) is 5.57 Å². The first kappa shape index (κ1) is 25.3. The summed E-state index contributed by atoms with van der Waals surface area (Å²) >= 11 is 0. The van der Waals surface area contributed by atoms with Crippen molar-refractivity contribution in [2.75, 3.05) is 11.9 Å². The van der Waals surface area contributed by atoms with Crippen LogP contribution in [-0.4, -0.2) is 12.7 Å². The Balaban J connectivity index is 2.17. The first-order valence-electron chi connectivity index (χ1n) is 11.5. The Morgan fingerprint density at radius 2 is 1.82 bits per heavy atom. The summed E-state index contributed by atoms with van der Waals surface area (Å²) in [5, 5.41) is 6.56. The average molecular weight is 471 g/mol. The number of benzene rings is 2. The van der Waals surface area contributed by atoms with Gasteiger partial charge in [-0.1, -0.05) is 56.3 Å². The lowest BCUT2D eigenvalue weighted by molar-refractivity contribution is -0.0893. The fraction of sp³-hybridized carbons (Fsp3) is 0.286. The molecule has 1 heterocycles. The summed E-state index contributed by atoms with van der Waals surface area (Å²) in [5.41, 5.74) is 2.75. The van der Waals surface area contributed by atoms with E-state index in [1.165, 1.54) is 19.1 Å². The molecule has 0 aliphatic carbocycles. The van der Waals surface area contributed by atoms with Crippen molar-refractivity contribution in [1.29, 1.82) is 0 Å². The van der Waals surface area contributed by atoms with Crippen molar-refractivity contribution < 1.29 is 17.6 Å². The van der Waals surface area contributed by atoms with Crippen molar-refractivity contribution >= 4 is 11.3 Å². The normalized spacial score (nSPS) is 17.1. The third-order valence-corrected chi connectivity index (χ3v) is 5.56. The highest BCUT2D eigenvalue weighted by Crippen LogP contribution is 2.39. The van der Waals surface area contributed by atoms with Crippen molar-refractivity contribution in [3.63, 3.8) is 0 Å². The molecule has 2 nitrogen and oxygen atoms in total. The summed E-state index contributed by atoms with van der Waals surface area (Å²) in [6, 6.07) is 13.4. The Hall–Kier alpha value is -3.28. The van der Waals surface area contributed by atoms with Crippen molar-refractivity contribution in [3.05, 3.63) is 107 Å². The molecule has 0 saturated heterocycles. The fourth-order valence-electron chi connectivity index (χ4n) is 4.02. The quantitative estimate of drug-likeness (QED) is 0.301. The summed E-state index contributed by atoms with van der Waals surface area (Å²) in [7, 11) is 0. The second kappa shape index (κ2) is 11.2. The summed E-state index contributed by atoms with van der Waals surface area (Å²) in [4.78, 5) is 0. The molecule has 3 rings (SSSR count). The molecule has 1 unspecified atom stereocenters. The minimum absolute atomic E-state index is 0.0866. The number of hydrogen-bond acceptors (Lipinski definition) is 2. The van der Waals surface area contributed by atoms with Gasteiger partial charge in [-0.15, -0.1) is 0 Å². The molecule has 0 bridgehead atoms. The number of rotatable bonds is 8.